The third-order valence-electron chi connectivity index (χ3n) is 5.29. The monoisotopic (exact) mass is 493 g/mol. The van der Waals surface area contributed by atoms with Gasteiger partial charge in [-0.15, -0.1) is 0 Å². The van der Waals surface area contributed by atoms with Gasteiger partial charge in [-0.2, -0.15) is 13.2 Å². The van der Waals surface area contributed by atoms with E-state index in [9.17, 15) is 18.0 Å². The van der Waals surface area contributed by atoms with Crippen LogP contribution in [0.5, 0.6) is 11.6 Å². The second kappa shape index (κ2) is 10.4. The van der Waals surface area contributed by atoms with Crippen molar-refractivity contribution in [2.45, 2.75) is 19.6 Å². The number of aromatic nitrogens is 3. The summed E-state index contributed by atoms with van der Waals surface area (Å²) in [6.45, 7) is 1.77. The summed E-state index contributed by atoms with van der Waals surface area (Å²) in [5.41, 5.74) is 1.86. The van der Waals surface area contributed by atoms with Gasteiger partial charge in [0.2, 0.25) is 11.8 Å². The molecule has 2 heterocycles. The molecule has 1 amide bonds. The highest BCUT2D eigenvalue weighted by atomic mass is 19.4. The van der Waals surface area contributed by atoms with Crippen LogP contribution in [0.2, 0.25) is 0 Å². The first-order valence-electron chi connectivity index (χ1n) is 10.9. The lowest BCUT2D eigenvalue weighted by Gasteiger charge is -2.13. The van der Waals surface area contributed by atoms with Crippen LogP contribution in [0, 0.1) is 6.92 Å². The maximum atomic E-state index is 13.0. The van der Waals surface area contributed by atoms with Crippen molar-refractivity contribution >= 4 is 11.9 Å². The summed E-state index contributed by atoms with van der Waals surface area (Å²) in [6, 6.07) is 15.0. The zero-order valence-electron chi connectivity index (χ0n) is 19.4. The molecule has 0 bridgehead atoms. The number of hydrogen-bond acceptors (Lipinski definition) is 6. The van der Waals surface area contributed by atoms with Crippen molar-refractivity contribution < 1.29 is 22.7 Å². The minimum Gasteiger partial charge on any atom is -0.438 e. The molecule has 0 unspecified atom stereocenters. The summed E-state index contributed by atoms with van der Waals surface area (Å²) < 4.78 is 44.9. The number of anilines is 1. The molecule has 0 fully saturated rings. The fraction of sp³-hybridized carbons (Fsp3) is 0.154. The van der Waals surface area contributed by atoms with E-state index in [1.807, 2.05) is 13.0 Å². The third kappa shape index (κ3) is 5.77. The summed E-state index contributed by atoms with van der Waals surface area (Å²) >= 11 is 0. The summed E-state index contributed by atoms with van der Waals surface area (Å²) in [4.78, 5) is 25.6. The van der Waals surface area contributed by atoms with Gasteiger partial charge in [-0.05, 0) is 60.5 Å². The highest BCUT2D eigenvalue weighted by molar-refractivity contribution is 5.94. The van der Waals surface area contributed by atoms with E-state index >= 15 is 0 Å². The summed E-state index contributed by atoms with van der Waals surface area (Å²) in [5.74, 6) is 0.693. The van der Waals surface area contributed by atoms with Gasteiger partial charge in [-0.3, -0.25) is 4.79 Å². The molecule has 0 aliphatic heterocycles. The van der Waals surface area contributed by atoms with Gasteiger partial charge in [0.1, 0.15) is 5.75 Å². The Kier molecular flexibility index (Phi) is 7.14. The van der Waals surface area contributed by atoms with Gasteiger partial charge < -0.3 is 15.4 Å². The van der Waals surface area contributed by atoms with Crippen LogP contribution in [0.4, 0.5) is 19.1 Å². The van der Waals surface area contributed by atoms with Crippen LogP contribution >= 0.6 is 0 Å². The summed E-state index contributed by atoms with van der Waals surface area (Å²) in [5, 5.41) is 5.54. The van der Waals surface area contributed by atoms with Crippen molar-refractivity contribution in [3.63, 3.8) is 0 Å². The van der Waals surface area contributed by atoms with E-state index in [-0.39, 0.29) is 6.54 Å². The number of nitrogens with zero attached hydrogens (tertiary/aromatic N) is 3. The normalized spacial score (nSPS) is 11.1. The number of rotatable bonds is 7. The van der Waals surface area contributed by atoms with Crippen molar-refractivity contribution in [2.24, 2.45) is 0 Å². The largest absolute Gasteiger partial charge is 0.438 e. The summed E-state index contributed by atoms with van der Waals surface area (Å²) in [7, 11) is 1.71. The van der Waals surface area contributed by atoms with Gasteiger partial charge >= 0.3 is 6.18 Å². The molecule has 36 heavy (non-hydrogen) atoms. The van der Waals surface area contributed by atoms with Gasteiger partial charge in [-0.1, -0.05) is 18.2 Å². The Balaban J connectivity index is 1.53. The second-order valence-corrected chi connectivity index (χ2v) is 7.83. The zero-order chi connectivity index (χ0) is 25.7. The van der Waals surface area contributed by atoms with Crippen molar-refractivity contribution in [1.29, 1.82) is 0 Å². The third-order valence-corrected chi connectivity index (χ3v) is 5.29. The molecule has 2 N–H and O–H groups in total. The Morgan fingerprint density at radius 2 is 1.83 bits per heavy atom. The molecule has 4 rings (SSSR count). The lowest BCUT2D eigenvalue weighted by Crippen LogP contribution is -2.23. The number of benzene rings is 2. The van der Waals surface area contributed by atoms with Crippen LogP contribution in [0.3, 0.4) is 0 Å². The van der Waals surface area contributed by atoms with Gasteiger partial charge in [0, 0.05) is 31.5 Å². The molecule has 2 aromatic heterocycles. The van der Waals surface area contributed by atoms with E-state index in [0.717, 1.165) is 17.7 Å². The Morgan fingerprint density at radius 1 is 1.00 bits per heavy atom. The Bertz CT molecular complexity index is 1390. The standard InChI is InChI=1S/C26H22F3N5O2/c1-16-8-9-18(23(35)33-15-17-5-3-6-19(13-17)26(27,28)29)14-22(16)36-24-20(7-4-11-31-24)21-10-12-32-25(30-2)34-21/h3-14H,15H2,1-2H3,(H,33,35)(H,30,32,34). The molecular formula is C26H22F3N5O2. The van der Waals surface area contributed by atoms with Crippen molar-refractivity contribution in [3.05, 3.63) is 95.3 Å². The molecule has 10 heteroatoms. The topological polar surface area (TPSA) is 89.0 Å². The van der Waals surface area contributed by atoms with E-state index in [1.54, 1.807) is 49.8 Å². The fourth-order valence-corrected chi connectivity index (χ4v) is 3.39. The van der Waals surface area contributed by atoms with Crippen LogP contribution in [-0.2, 0) is 12.7 Å². The minimum absolute atomic E-state index is 0.0568. The predicted octanol–water partition coefficient (Wildman–Crippen LogP) is 5.63. The SMILES string of the molecule is CNc1nccc(-c2cccnc2Oc2cc(C(=O)NCc3cccc(C(F)(F)F)c3)ccc2C)n1. The number of hydrogen-bond donors (Lipinski definition) is 2. The number of aryl methyl sites for hydroxylation is 1. The number of pyridine rings is 1. The van der Waals surface area contributed by atoms with Gasteiger partial charge in [0.15, 0.2) is 0 Å². The van der Waals surface area contributed by atoms with Crippen LogP contribution in [0.1, 0.15) is 27.0 Å². The highest BCUT2D eigenvalue weighted by Gasteiger charge is 2.30. The van der Waals surface area contributed by atoms with E-state index in [1.165, 1.54) is 12.1 Å². The molecule has 0 atom stereocenters. The van der Waals surface area contributed by atoms with Crippen molar-refractivity contribution in [3.8, 4) is 22.9 Å². The number of carbonyl (C=O) groups is 1. The maximum absolute atomic E-state index is 13.0. The highest BCUT2D eigenvalue weighted by Crippen LogP contribution is 2.33. The van der Waals surface area contributed by atoms with Gasteiger partial charge in [0.25, 0.3) is 5.91 Å². The molecule has 0 aliphatic carbocycles. The van der Waals surface area contributed by atoms with Crippen LogP contribution < -0.4 is 15.4 Å². The number of nitrogens with one attached hydrogen (secondary N) is 2. The average Bonchev–Trinajstić information content (AvgIpc) is 2.88. The molecule has 0 saturated carbocycles. The second-order valence-electron chi connectivity index (χ2n) is 7.83. The fourth-order valence-electron chi connectivity index (χ4n) is 3.39. The molecule has 2 aromatic carbocycles. The molecular weight excluding hydrogens is 471 g/mol. The first-order valence-corrected chi connectivity index (χ1v) is 10.9. The number of amides is 1. The van der Waals surface area contributed by atoms with Crippen LogP contribution in [0.15, 0.2) is 73.1 Å². The molecule has 0 radical (unpaired) electrons. The lowest BCUT2D eigenvalue weighted by atomic mass is 10.1. The predicted molar refractivity (Wildman–Crippen MR) is 129 cm³/mol. The van der Waals surface area contributed by atoms with E-state index in [2.05, 4.69) is 25.6 Å². The molecule has 7 nitrogen and oxygen atoms in total. The number of alkyl halides is 3. The zero-order valence-corrected chi connectivity index (χ0v) is 19.4. The van der Waals surface area contributed by atoms with Gasteiger partial charge in [0.05, 0.1) is 16.8 Å². The Morgan fingerprint density at radius 3 is 2.61 bits per heavy atom. The molecule has 0 aliphatic rings. The van der Waals surface area contributed by atoms with Crippen molar-refractivity contribution in [2.75, 3.05) is 12.4 Å². The minimum atomic E-state index is -4.45. The van der Waals surface area contributed by atoms with Gasteiger partial charge in [-0.25, -0.2) is 15.0 Å². The quantitative estimate of drug-likeness (QED) is 0.347. The maximum Gasteiger partial charge on any atom is 0.416 e. The molecule has 0 spiro atoms. The first-order chi connectivity index (χ1) is 17.2. The number of carbonyl (C=O) groups excluding carboxylic acids is 1. The Hall–Kier alpha value is -4.47. The average molecular weight is 493 g/mol. The number of ether oxygens (including phenoxy) is 1. The van der Waals surface area contributed by atoms with E-state index < -0.39 is 17.6 Å². The first kappa shape index (κ1) is 24.6. The van der Waals surface area contributed by atoms with Crippen molar-refractivity contribution in [1.82, 2.24) is 20.3 Å². The number of halogens is 3. The van der Waals surface area contributed by atoms with E-state index in [0.29, 0.717) is 40.0 Å². The smallest absolute Gasteiger partial charge is 0.416 e. The van der Waals surface area contributed by atoms with Crippen LogP contribution in [0.25, 0.3) is 11.3 Å². The summed E-state index contributed by atoms with van der Waals surface area (Å²) in [6.07, 6.45) is -1.25. The molecule has 184 valence electrons. The molecule has 4 aromatic rings. The molecule has 0 saturated heterocycles. The Labute approximate surface area is 205 Å². The lowest BCUT2D eigenvalue weighted by molar-refractivity contribution is -0.137. The van der Waals surface area contributed by atoms with Crippen LogP contribution in [-0.4, -0.2) is 27.9 Å². The van der Waals surface area contributed by atoms with E-state index in [4.69, 9.17) is 4.74 Å².